The van der Waals surface area contributed by atoms with Crippen molar-refractivity contribution in [3.05, 3.63) is 29.8 Å². The van der Waals surface area contributed by atoms with Gasteiger partial charge >= 0.3 is 0 Å². The average Bonchev–Trinajstić information content (AvgIpc) is 2.93. The minimum Gasteiger partial charge on any atom is -0.287 e. The molecule has 0 aliphatic heterocycles. The number of aromatic nitrogens is 2. The van der Waals surface area contributed by atoms with Gasteiger partial charge in [0.2, 0.25) is 11.0 Å². The normalized spacial score (nSPS) is 11.0. The number of nitrogens with zero attached hydrogens (tertiary/aromatic N) is 3. The first-order chi connectivity index (χ1) is 10.5. The van der Waals surface area contributed by atoms with Crippen molar-refractivity contribution < 1.29 is 4.79 Å². The van der Waals surface area contributed by atoms with Crippen LogP contribution in [0.5, 0.6) is 0 Å². The number of anilines is 1. The molecule has 0 saturated heterocycles. The minimum absolute atomic E-state index is 0.129. The van der Waals surface area contributed by atoms with E-state index >= 15 is 0 Å². The SMILES string of the molecule is CCCN(C(=O)CC(C)C)c1nnc(-c2ccccc2C)s1. The van der Waals surface area contributed by atoms with Crippen molar-refractivity contribution in [2.24, 2.45) is 5.92 Å². The molecule has 0 atom stereocenters. The first-order valence-electron chi connectivity index (χ1n) is 7.72. The molecule has 22 heavy (non-hydrogen) atoms. The Morgan fingerprint density at radius 3 is 2.64 bits per heavy atom. The van der Waals surface area contributed by atoms with Gasteiger partial charge in [0.25, 0.3) is 0 Å². The lowest BCUT2D eigenvalue weighted by atomic mass is 10.1. The quantitative estimate of drug-likeness (QED) is 0.798. The second-order valence-electron chi connectivity index (χ2n) is 5.85. The van der Waals surface area contributed by atoms with E-state index in [4.69, 9.17) is 0 Å². The van der Waals surface area contributed by atoms with Crippen molar-refractivity contribution in [3.63, 3.8) is 0 Å². The van der Waals surface area contributed by atoms with Crippen LogP contribution in [0.3, 0.4) is 0 Å². The van der Waals surface area contributed by atoms with Crippen LogP contribution in [0.15, 0.2) is 24.3 Å². The van der Waals surface area contributed by atoms with E-state index in [0.717, 1.165) is 17.0 Å². The van der Waals surface area contributed by atoms with Crippen LogP contribution in [0, 0.1) is 12.8 Å². The molecule has 1 aromatic carbocycles. The van der Waals surface area contributed by atoms with Gasteiger partial charge in [-0.25, -0.2) is 0 Å². The molecule has 0 fully saturated rings. The maximum absolute atomic E-state index is 12.4. The largest absolute Gasteiger partial charge is 0.287 e. The Morgan fingerprint density at radius 2 is 2.00 bits per heavy atom. The standard InChI is InChI=1S/C17H23N3OS/c1-5-10-20(15(21)11-12(2)3)17-19-18-16(22-17)14-9-7-6-8-13(14)4/h6-9,12H,5,10-11H2,1-4H3. The highest BCUT2D eigenvalue weighted by Crippen LogP contribution is 2.31. The summed E-state index contributed by atoms with van der Waals surface area (Å²) in [6.07, 6.45) is 1.45. The van der Waals surface area contributed by atoms with Crippen LogP contribution >= 0.6 is 11.3 Å². The van der Waals surface area contributed by atoms with Gasteiger partial charge in [-0.1, -0.05) is 56.4 Å². The molecule has 0 spiro atoms. The second-order valence-corrected chi connectivity index (χ2v) is 6.80. The highest BCUT2D eigenvalue weighted by atomic mass is 32.1. The Hall–Kier alpha value is -1.75. The molecule has 0 bridgehead atoms. The number of benzene rings is 1. The third-order valence-corrected chi connectivity index (χ3v) is 4.33. The molecular weight excluding hydrogens is 294 g/mol. The van der Waals surface area contributed by atoms with Gasteiger partial charge in [-0.2, -0.15) is 0 Å². The molecule has 0 N–H and O–H groups in total. The summed E-state index contributed by atoms with van der Waals surface area (Å²) in [5.74, 6) is 0.472. The summed E-state index contributed by atoms with van der Waals surface area (Å²) in [5.41, 5.74) is 2.25. The molecule has 0 aliphatic rings. The van der Waals surface area contributed by atoms with Gasteiger partial charge < -0.3 is 0 Å². The first-order valence-corrected chi connectivity index (χ1v) is 8.54. The van der Waals surface area contributed by atoms with Gasteiger partial charge in [-0.3, -0.25) is 9.69 Å². The van der Waals surface area contributed by atoms with Gasteiger partial charge in [0.05, 0.1) is 0 Å². The Kier molecular flexibility index (Phi) is 5.66. The smallest absolute Gasteiger partial charge is 0.229 e. The zero-order valence-electron chi connectivity index (χ0n) is 13.7. The van der Waals surface area contributed by atoms with Crippen molar-refractivity contribution in [2.45, 2.75) is 40.5 Å². The molecule has 1 aromatic heterocycles. The predicted molar refractivity (Wildman–Crippen MR) is 92.2 cm³/mol. The van der Waals surface area contributed by atoms with Gasteiger partial charge in [-0.05, 0) is 24.8 Å². The number of carbonyl (C=O) groups is 1. The molecule has 1 amide bonds. The van der Waals surface area contributed by atoms with E-state index in [9.17, 15) is 4.79 Å². The van der Waals surface area contributed by atoms with Crippen molar-refractivity contribution in [1.29, 1.82) is 0 Å². The van der Waals surface area contributed by atoms with E-state index in [2.05, 4.69) is 44.0 Å². The summed E-state index contributed by atoms with van der Waals surface area (Å²) in [6.45, 7) is 8.93. The number of carbonyl (C=O) groups excluding carboxylic acids is 1. The Labute approximate surface area is 136 Å². The van der Waals surface area contributed by atoms with Crippen LogP contribution in [0.1, 0.15) is 39.2 Å². The maximum Gasteiger partial charge on any atom is 0.229 e. The second kappa shape index (κ2) is 7.49. The lowest BCUT2D eigenvalue weighted by Gasteiger charge is -2.19. The van der Waals surface area contributed by atoms with Crippen molar-refractivity contribution >= 4 is 22.4 Å². The zero-order valence-corrected chi connectivity index (χ0v) is 14.5. The number of hydrogen-bond donors (Lipinski definition) is 0. The lowest BCUT2D eigenvalue weighted by Crippen LogP contribution is -2.32. The van der Waals surface area contributed by atoms with Crippen LogP contribution in [0.25, 0.3) is 10.6 Å². The molecule has 0 aliphatic carbocycles. The third-order valence-electron chi connectivity index (χ3n) is 3.35. The molecule has 1 heterocycles. The number of hydrogen-bond acceptors (Lipinski definition) is 4. The van der Waals surface area contributed by atoms with Crippen molar-refractivity contribution in [1.82, 2.24) is 10.2 Å². The van der Waals surface area contributed by atoms with Gasteiger partial charge in [0.15, 0.2) is 0 Å². The predicted octanol–water partition coefficient (Wildman–Crippen LogP) is 4.30. The highest BCUT2D eigenvalue weighted by Gasteiger charge is 2.20. The lowest BCUT2D eigenvalue weighted by molar-refractivity contribution is -0.119. The van der Waals surface area contributed by atoms with Crippen LogP contribution < -0.4 is 4.90 Å². The molecule has 2 aromatic rings. The van der Waals surface area contributed by atoms with Gasteiger partial charge in [0.1, 0.15) is 5.01 Å². The fourth-order valence-corrected chi connectivity index (χ4v) is 3.23. The summed E-state index contributed by atoms with van der Waals surface area (Å²) in [4.78, 5) is 14.2. The van der Waals surface area contributed by atoms with Crippen LogP contribution in [0.2, 0.25) is 0 Å². The molecular formula is C17H23N3OS. The molecule has 0 radical (unpaired) electrons. The van der Waals surface area contributed by atoms with E-state index in [0.29, 0.717) is 24.0 Å². The molecule has 0 unspecified atom stereocenters. The van der Waals surface area contributed by atoms with Crippen molar-refractivity contribution in [3.8, 4) is 10.6 Å². The monoisotopic (exact) mass is 317 g/mol. The molecule has 5 heteroatoms. The summed E-state index contributed by atoms with van der Waals surface area (Å²) in [6, 6.07) is 8.11. The Morgan fingerprint density at radius 1 is 1.27 bits per heavy atom. The summed E-state index contributed by atoms with van der Waals surface area (Å²) in [7, 11) is 0. The maximum atomic E-state index is 12.4. The molecule has 0 saturated carbocycles. The number of rotatable bonds is 6. The fourth-order valence-electron chi connectivity index (χ4n) is 2.26. The molecule has 4 nitrogen and oxygen atoms in total. The van der Waals surface area contributed by atoms with E-state index in [1.165, 1.54) is 16.9 Å². The van der Waals surface area contributed by atoms with E-state index < -0.39 is 0 Å². The number of amides is 1. The highest BCUT2D eigenvalue weighted by molar-refractivity contribution is 7.18. The van der Waals surface area contributed by atoms with Crippen LogP contribution in [-0.4, -0.2) is 22.6 Å². The van der Waals surface area contributed by atoms with Crippen LogP contribution in [0.4, 0.5) is 5.13 Å². The number of aryl methyl sites for hydroxylation is 1. The summed E-state index contributed by atoms with van der Waals surface area (Å²) >= 11 is 1.49. The molecule has 118 valence electrons. The van der Waals surface area contributed by atoms with Gasteiger partial charge in [0, 0.05) is 18.5 Å². The average molecular weight is 317 g/mol. The van der Waals surface area contributed by atoms with Gasteiger partial charge in [-0.15, -0.1) is 10.2 Å². The van der Waals surface area contributed by atoms with E-state index in [-0.39, 0.29) is 5.91 Å². The van der Waals surface area contributed by atoms with Crippen LogP contribution in [-0.2, 0) is 4.79 Å². The Balaban J connectivity index is 2.27. The van der Waals surface area contributed by atoms with E-state index in [1.807, 2.05) is 18.2 Å². The fraction of sp³-hybridized carbons (Fsp3) is 0.471. The minimum atomic E-state index is 0.129. The zero-order chi connectivity index (χ0) is 16.1. The third kappa shape index (κ3) is 3.91. The van der Waals surface area contributed by atoms with E-state index in [1.54, 1.807) is 4.90 Å². The first kappa shape index (κ1) is 16.6. The summed E-state index contributed by atoms with van der Waals surface area (Å²) < 4.78 is 0. The topological polar surface area (TPSA) is 46.1 Å². The summed E-state index contributed by atoms with van der Waals surface area (Å²) in [5, 5.41) is 10.1. The molecule has 2 rings (SSSR count). The van der Waals surface area contributed by atoms with Crippen molar-refractivity contribution in [2.75, 3.05) is 11.4 Å². The Bertz CT molecular complexity index is 636.